The predicted molar refractivity (Wildman–Crippen MR) is 87.8 cm³/mol. The highest BCUT2D eigenvalue weighted by atomic mass is 16.9. The second kappa shape index (κ2) is 23.6. The number of nitrogens with one attached hydrogen (secondary N) is 1. The van der Waals surface area contributed by atoms with Crippen LogP contribution < -0.4 is 5.23 Å². The first kappa shape index (κ1) is 27.8. The first-order chi connectivity index (χ1) is 9.97. The van der Waals surface area contributed by atoms with Gasteiger partial charge in [0.25, 0.3) is 0 Å². The van der Waals surface area contributed by atoms with Crippen molar-refractivity contribution in [3.05, 3.63) is 29.8 Å². The van der Waals surface area contributed by atoms with Gasteiger partial charge in [0.05, 0.1) is 7.11 Å². The Morgan fingerprint density at radius 2 is 1.48 bits per heavy atom. The maximum absolute atomic E-state index is 10.7. The van der Waals surface area contributed by atoms with Crippen molar-refractivity contribution in [3.8, 4) is 5.75 Å². The summed E-state index contributed by atoms with van der Waals surface area (Å²) in [6.07, 6.45) is 0. The second-order valence-corrected chi connectivity index (χ2v) is 2.83. The molecule has 1 aromatic carbocycles. The van der Waals surface area contributed by atoms with Gasteiger partial charge in [-0.25, -0.2) is 0 Å². The van der Waals surface area contributed by atoms with E-state index in [1.54, 1.807) is 12.1 Å². The summed E-state index contributed by atoms with van der Waals surface area (Å²) >= 11 is 0. The Bertz CT molecular complexity index is 315. The minimum atomic E-state index is -0.0316. The zero-order valence-electron chi connectivity index (χ0n) is 15.0. The largest absolute Gasteiger partial charge is 0.508 e. The molecule has 1 atom stereocenters. The number of carbonyl (C=O) groups excluding carboxylic acids is 1. The van der Waals surface area contributed by atoms with Crippen LogP contribution in [0.25, 0.3) is 0 Å². The number of aromatic hydroxyl groups is 1. The topological polar surface area (TPSA) is 71.2 Å². The molecule has 1 unspecified atom stereocenters. The van der Waals surface area contributed by atoms with Gasteiger partial charge in [-0.1, -0.05) is 58.9 Å². The van der Waals surface area contributed by atoms with E-state index in [0.717, 1.165) is 0 Å². The molecular formula is C16H34NO4+. The van der Waals surface area contributed by atoms with E-state index in [4.69, 9.17) is 10.3 Å². The van der Waals surface area contributed by atoms with E-state index < -0.39 is 0 Å². The Morgan fingerprint density at radius 3 is 1.67 bits per heavy atom. The van der Waals surface area contributed by atoms with Crippen molar-refractivity contribution in [1.82, 2.24) is 0 Å². The summed E-state index contributed by atoms with van der Waals surface area (Å²) in [6, 6.07) is 6.29. The normalized spacial score (nSPS) is 8.86. The molecule has 5 nitrogen and oxygen atoms in total. The lowest BCUT2D eigenvalue weighted by molar-refractivity contribution is -1.22. The number of hydrogen-bond donors (Lipinski definition) is 3. The summed E-state index contributed by atoms with van der Waals surface area (Å²) < 4.78 is 0. The number of quaternary nitrogens is 1. The average Bonchev–Trinajstić information content (AvgIpc) is 2.53. The molecule has 5 heteroatoms. The molecular weight excluding hydrogens is 270 g/mol. The van der Waals surface area contributed by atoms with Crippen LogP contribution >= 0.6 is 0 Å². The zero-order valence-corrected chi connectivity index (χ0v) is 15.0. The molecule has 0 saturated heterocycles. The van der Waals surface area contributed by atoms with E-state index in [-0.39, 0.29) is 16.8 Å². The van der Waals surface area contributed by atoms with Crippen molar-refractivity contribution in [2.24, 2.45) is 0 Å². The van der Waals surface area contributed by atoms with Crippen LogP contribution in [0.5, 0.6) is 5.75 Å². The van der Waals surface area contributed by atoms with Gasteiger partial charge in [-0.15, -0.1) is 0 Å². The summed E-state index contributed by atoms with van der Waals surface area (Å²) in [5, 5.41) is 17.0. The van der Waals surface area contributed by atoms with Gasteiger partial charge in [0.1, 0.15) is 12.8 Å². The number of hydroxylamine groups is 2. The van der Waals surface area contributed by atoms with Gasteiger partial charge >= 0.3 is 0 Å². The Morgan fingerprint density at radius 1 is 1.10 bits per heavy atom. The monoisotopic (exact) mass is 304 g/mol. The number of benzene rings is 1. The van der Waals surface area contributed by atoms with Gasteiger partial charge in [-0.2, -0.15) is 10.0 Å². The van der Waals surface area contributed by atoms with Gasteiger partial charge < -0.3 is 5.11 Å². The molecule has 0 spiro atoms. The lowest BCUT2D eigenvalue weighted by Crippen LogP contribution is -3.04. The van der Waals surface area contributed by atoms with E-state index in [9.17, 15) is 4.79 Å². The highest BCUT2D eigenvalue weighted by Crippen LogP contribution is 2.10. The lowest BCUT2D eigenvalue weighted by Gasteiger charge is -1.93. The van der Waals surface area contributed by atoms with Crippen LogP contribution in [0.2, 0.25) is 0 Å². The SMILES string of the molecule is CC.CC.CC.CC(=O)c1cccc(O)c1.CO[NH+](C)O. The van der Waals surface area contributed by atoms with Crippen molar-refractivity contribution < 1.29 is 25.2 Å². The van der Waals surface area contributed by atoms with Crippen LogP contribution in [0.4, 0.5) is 0 Å². The Balaban J connectivity index is -0.000000112. The summed E-state index contributed by atoms with van der Waals surface area (Å²) in [4.78, 5) is 14.9. The molecule has 0 aliphatic rings. The van der Waals surface area contributed by atoms with Gasteiger partial charge in [-0.3, -0.25) is 4.79 Å². The first-order valence-corrected chi connectivity index (χ1v) is 7.34. The molecule has 0 fully saturated rings. The Labute approximate surface area is 130 Å². The van der Waals surface area contributed by atoms with Gasteiger partial charge in [0.2, 0.25) is 0 Å². The third-order valence-electron chi connectivity index (χ3n) is 1.55. The molecule has 1 rings (SSSR count). The average molecular weight is 304 g/mol. The van der Waals surface area contributed by atoms with Gasteiger partial charge in [0.15, 0.2) is 5.78 Å². The smallest absolute Gasteiger partial charge is 0.159 e. The fourth-order valence-corrected chi connectivity index (χ4v) is 0.725. The van der Waals surface area contributed by atoms with Crippen LogP contribution in [0, 0.1) is 0 Å². The number of rotatable bonds is 2. The Kier molecular flexibility index (Phi) is 31.3. The third-order valence-corrected chi connectivity index (χ3v) is 1.55. The fraction of sp³-hybridized carbons (Fsp3) is 0.562. The highest BCUT2D eigenvalue weighted by molar-refractivity contribution is 5.94. The van der Waals surface area contributed by atoms with Gasteiger partial charge in [-0.05, 0) is 19.1 Å². The number of Topliss-reactive ketones (excluding diaryl/α,β-unsaturated/α-hetero) is 1. The number of phenolic OH excluding ortho intramolecular Hbond substituents is 1. The molecule has 1 aromatic rings. The van der Waals surface area contributed by atoms with Gasteiger partial charge in [0, 0.05) is 5.56 Å². The number of ketones is 1. The Hall–Kier alpha value is -1.43. The van der Waals surface area contributed by atoms with Crippen LogP contribution in [0.1, 0.15) is 58.8 Å². The van der Waals surface area contributed by atoms with E-state index in [1.807, 2.05) is 41.5 Å². The van der Waals surface area contributed by atoms with Crippen molar-refractivity contribution in [3.63, 3.8) is 0 Å². The minimum Gasteiger partial charge on any atom is -0.508 e. The number of carbonyl (C=O) groups is 1. The molecule has 0 radical (unpaired) electrons. The lowest BCUT2D eigenvalue weighted by atomic mass is 10.1. The maximum atomic E-state index is 10.7. The van der Waals surface area contributed by atoms with Crippen LogP contribution in [0.3, 0.4) is 0 Å². The molecule has 0 amide bonds. The van der Waals surface area contributed by atoms with Crippen molar-refractivity contribution >= 4 is 5.78 Å². The second-order valence-electron chi connectivity index (χ2n) is 2.83. The standard InChI is InChI=1S/C8H8O2.C2H7NO2.3C2H6/c1-6(9)7-3-2-4-8(10)5-7;1-3(4)5-2;3*1-2/h2-5,10H,1H3;4H,1-2H3;3*1-2H3/p+1. The van der Waals surface area contributed by atoms with Crippen LogP contribution in [-0.2, 0) is 4.84 Å². The first-order valence-electron chi connectivity index (χ1n) is 7.34. The van der Waals surface area contributed by atoms with Crippen LogP contribution in [0.15, 0.2) is 24.3 Å². The molecule has 0 heterocycles. The highest BCUT2D eigenvalue weighted by Gasteiger charge is 1.97. The van der Waals surface area contributed by atoms with Crippen molar-refractivity contribution in [2.45, 2.75) is 48.5 Å². The molecule has 126 valence electrons. The summed E-state index contributed by atoms with van der Waals surface area (Å²) in [6.45, 7) is 13.5. The molecule has 21 heavy (non-hydrogen) atoms. The molecule has 3 N–H and O–H groups in total. The molecule has 0 bridgehead atoms. The quantitative estimate of drug-likeness (QED) is 0.580. The summed E-state index contributed by atoms with van der Waals surface area (Å²) in [7, 11) is 2.88. The molecule has 0 aliphatic heterocycles. The van der Waals surface area contributed by atoms with E-state index in [0.29, 0.717) is 5.56 Å². The number of hydrogen-bond acceptors (Lipinski definition) is 4. The minimum absolute atomic E-state index is 0.00463. The predicted octanol–water partition coefficient (Wildman–Crippen LogP) is 3.13. The van der Waals surface area contributed by atoms with Crippen LogP contribution in [-0.4, -0.2) is 30.3 Å². The van der Waals surface area contributed by atoms with E-state index >= 15 is 0 Å². The van der Waals surface area contributed by atoms with E-state index in [1.165, 1.54) is 33.2 Å². The molecule has 0 saturated carbocycles. The van der Waals surface area contributed by atoms with Crippen molar-refractivity contribution in [2.75, 3.05) is 14.2 Å². The van der Waals surface area contributed by atoms with E-state index in [2.05, 4.69) is 4.84 Å². The molecule has 0 aliphatic carbocycles. The maximum Gasteiger partial charge on any atom is 0.159 e. The summed E-state index contributed by atoms with van der Waals surface area (Å²) in [5.41, 5.74) is 0.542. The third kappa shape index (κ3) is 24.0. The fourth-order valence-electron chi connectivity index (χ4n) is 0.725. The zero-order chi connectivity index (χ0) is 17.8. The van der Waals surface area contributed by atoms with Crippen molar-refractivity contribution in [1.29, 1.82) is 0 Å². The number of phenols is 1. The molecule has 0 aromatic heterocycles. The summed E-state index contributed by atoms with van der Waals surface area (Å²) in [5.74, 6) is 0.101.